The van der Waals surface area contributed by atoms with Crippen LogP contribution in [0.3, 0.4) is 0 Å². The van der Waals surface area contributed by atoms with Gasteiger partial charge in [-0.2, -0.15) is 5.10 Å². The minimum Gasteiger partial charge on any atom is -0.493 e. The van der Waals surface area contributed by atoms with Crippen LogP contribution in [0.2, 0.25) is 0 Å². The maximum absolute atomic E-state index is 10.3. The summed E-state index contributed by atoms with van der Waals surface area (Å²) in [4.78, 5) is 0. The largest absolute Gasteiger partial charge is 0.493 e. The molecular formula is C15H28N2O. The van der Waals surface area contributed by atoms with E-state index in [2.05, 4.69) is 39.7 Å². The van der Waals surface area contributed by atoms with Gasteiger partial charge in [-0.25, -0.2) is 4.68 Å². The van der Waals surface area contributed by atoms with Crippen molar-refractivity contribution in [3.8, 4) is 5.88 Å². The van der Waals surface area contributed by atoms with Crippen LogP contribution in [0.25, 0.3) is 0 Å². The lowest BCUT2D eigenvalue weighted by molar-refractivity contribution is 0.387. The minimum atomic E-state index is 0.396. The number of nitrogens with zero attached hydrogens (tertiary/aromatic N) is 2. The van der Waals surface area contributed by atoms with E-state index in [-0.39, 0.29) is 0 Å². The minimum absolute atomic E-state index is 0.396. The molecule has 104 valence electrons. The first-order valence-corrected chi connectivity index (χ1v) is 7.23. The third-order valence-corrected chi connectivity index (χ3v) is 3.04. The fraction of sp³-hybridized carbons (Fsp3) is 0.800. The first kappa shape index (κ1) is 15.1. The van der Waals surface area contributed by atoms with Crippen LogP contribution in [0.4, 0.5) is 0 Å². The first-order valence-electron chi connectivity index (χ1n) is 7.23. The van der Waals surface area contributed by atoms with Crippen LogP contribution < -0.4 is 0 Å². The summed E-state index contributed by atoms with van der Waals surface area (Å²) in [6, 6.07) is 0. The van der Waals surface area contributed by atoms with Crippen LogP contribution in [0.1, 0.15) is 58.7 Å². The van der Waals surface area contributed by atoms with E-state index in [1.54, 1.807) is 4.68 Å². The Hall–Kier alpha value is -0.990. The molecule has 0 spiro atoms. The van der Waals surface area contributed by atoms with E-state index in [4.69, 9.17) is 0 Å². The van der Waals surface area contributed by atoms with E-state index in [1.807, 2.05) is 0 Å². The number of hydrogen-bond donors (Lipinski definition) is 1. The molecule has 0 fully saturated rings. The smallest absolute Gasteiger partial charge is 0.212 e. The number of aromatic hydroxyl groups is 1. The molecule has 0 aliphatic carbocycles. The highest BCUT2D eigenvalue weighted by Gasteiger charge is 2.18. The predicted octanol–water partition coefficient (Wildman–Crippen LogP) is 3.79. The van der Waals surface area contributed by atoms with Crippen LogP contribution >= 0.6 is 0 Å². The molecule has 3 heteroatoms. The molecule has 0 unspecified atom stereocenters. The molecule has 0 radical (unpaired) electrons. The van der Waals surface area contributed by atoms with Crippen LogP contribution in [-0.4, -0.2) is 14.9 Å². The van der Waals surface area contributed by atoms with E-state index in [0.717, 1.165) is 43.5 Å². The van der Waals surface area contributed by atoms with Gasteiger partial charge in [-0.05, 0) is 31.1 Å². The number of unbranched alkanes of at least 4 members (excludes halogenated alkanes) is 1. The third kappa shape index (κ3) is 4.04. The second-order valence-corrected chi connectivity index (χ2v) is 6.02. The van der Waals surface area contributed by atoms with Gasteiger partial charge in [0.05, 0.1) is 5.69 Å². The van der Waals surface area contributed by atoms with E-state index in [9.17, 15) is 5.11 Å². The van der Waals surface area contributed by atoms with Crippen molar-refractivity contribution in [2.45, 2.75) is 66.8 Å². The number of aryl methyl sites for hydroxylation is 1. The SMILES string of the molecule is CCCCn1nc(CC(C)C)c(CC(C)C)c1O. The van der Waals surface area contributed by atoms with Gasteiger partial charge in [0.15, 0.2) is 0 Å². The Kier molecular flexibility index (Phi) is 5.70. The zero-order valence-electron chi connectivity index (χ0n) is 12.5. The molecule has 0 saturated carbocycles. The van der Waals surface area contributed by atoms with E-state index >= 15 is 0 Å². The van der Waals surface area contributed by atoms with Crippen LogP contribution in [0.15, 0.2) is 0 Å². The van der Waals surface area contributed by atoms with Gasteiger partial charge in [-0.3, -0.25) is 0 Å². The summed E-state index contributed by atoms with van der Waals surface area (Å²) in [5.41, 5.74) is 2.15. The van der Waals surface area contributed by atoms with E-state index in [0.29, 0.717) is 17.7 Å². The fourth-order valence-corrected chi connectivity index (χ4v) is 2.17. The Morgan fingerprint density at radius 2 is 1.72 bits per heavy atom. The topological polar surface area (TPSA) is 38.0 Å². The second-order valence-electron chi connectivity index (χ2n) is 6.02. The maximum atomic E-state index is 10.3. The number of rotatable bonds is 7. The van der Waals surface area contributed by atoms with Crippen molar-refractivity contribution in [2.24, 2.45) is 11.8 Å². The second kappa shape index (κ2) is 6.81. The summed E-state index contributed by atoms with van der Waals surface area (Å²) in [5, 5.41) is 14.9. The van der Waals surface area contributed by atoms with Gasteiger partial charge >= 0.3 is 0 Å². The highest BCUT2D eigenvalue weighted by molar-refractivity contribution is 5.31. The Labute approximate surface area is 111 Å². The van der Waals surface area contributed by atoms with Gasteiger partial charge in [-0.1, -0.05) is 41.0 Å². The lowest BCUT2D eigenvalue weighted by Gasteiger charge is -2.07. The van der Waals surface area contributed by atoms with Gasteiger partial charge in [0.1, 0.15) is 0 Å². The molecular weight excluding hydrogens is 224 g/mol. The van der Waals surface area contributed by atoms with Gasteiger partial charge < -0.3 is 5.11 Å². The molecule has 0 saturated heterocycles. The lowest BCUT2D eigenvalue weighted by Crippen LogP contribution is -2.02. The number of aromatic nitrogens is 2. The zero-order valence-corrected chi connectivity index (χ0v) is 12.5. The Bertz CT molecular complexity index is 367. The maximum Gasteiger partial charge on any atom is 0.212 e. The van der Waals surface area contributed by atoms with Crippen molar-refractivity contribution in [3.63, 3.8) is 0 Å². The molecule has 0 aliphatic rings. The van der Waals surface area contributed by atoms with Crippen molar-refractivity contribution in [1.29, 1.82) is 0 Å². The Balaban J connectivity index is 2.97. The molecule has 18 heavy (non-hydrogen) atoms. The molecule has 1 aromatic heterocycles. The molecule has 1 aromatic rings. The lowest BCUT2D eigenvalue weighted by atomic mass is 9.98. The average molecular weight is 252 g/mol. The average Bonchev–Trinajstić information content (AvgIpc) is 2.53. The van der Waals surface area contributed by atoms with Crippen molar-refractivity contribution in [1.82, 2.24) is 9.78 Å². The highest BCUT2D eigenvalue weighted by Crippen LogP contribution is 2.26. The summed E-state index contributed by atoms with van der Waals surface area (Å²) < 4.78 is 1.79. The van der Waals surface area contributed by atoms with Crippen molar-refractivity contribution in [3.05, 3.63) is 11.3 Å². The molecule has 0 aromatic carbocycles. The fourth-order valence-electron chi connectivity index (χ4n) is 2.17. The normalized spacial score (nSPS) is 11.7. The van der Waals surface area contributed by atoms with Gasteiger partial charge in [0.25, 0.3) is 0 Å². The summed E-state index contributed by atoms with van der Waals surface area (Å²) in [6.07, 6.45) is 4.06. The van der Waals surface area contributed by atoms with E-state index in [1.165, 1.54) is 0 Å². The Morgan fingerprint density at radius 1 is 1.11 bits per heavy atom. The molecule has 1 heterocycles. The predicted molar refractivity (Wildman–Crippen MR) is 75.9 cm³/mol. The van der Waals surface area contributed by atoms with Gasteiger partial charge in [-0.15, -0.1) is 0 Å². The summed E-state index contributed by atoms with van der Waals surface area (Å²) in [7, 11) is 0. The van der Waals surface area contributed by atoms with Crippen molar-refractivity contribution < 1.29 is 5.11 Å². The Morgan fingerprint density at radius 3 is 2.22 bits per heavy atom. The highest BCUT2D eigenvalue weighted by atomic mass is 16.3. The van der Waals surface area contributed by atoms with Crippen molar-refractivity contribution >= 4 is 0 Å². The summed E-state index contributed by atoms with van der Waals surface area (Å²) in [5.74, 6) is 1.52. The van der Waals surface area contributed by atoms with Gasteiger partial charge in [0.2, 0.25) is 5.88 Å². The molecule has 1 N–H and O–H groups in total. The number of hydrogen-bond acceptors (Lipinski definition) is 2. The van der Waals surface area contributed by atoms with Crippen LogP contribution in [0.5, 0.6) is 5.88 Å². The molecule has 1 rings (SSSR count). The summed E-state index contributed by atoms with van der Waals surface area (Å²) >= 11 is 0. The summed E-state index contributed by atoms with van der Waals surface area (Å²) in [6.45, 7) is 11.7. The van der Waals surface area contributed by atoms with Crippen molar-refractivity contribution in [2.75, 3.05) is 0 Å². The third-order valence-electron chi connectivity index (χ3n) is 3.04. The molecule has 0 aliphatic heterocycles. The molecule has 3 nitrogen and oxygen atoms in total. The van der Waals surface area contributed by atoms with Crippen LogP contribution in [-0.2, 0) is 19.4 Å². The standard InChI is InChI=1S/C15H28N2O/c1-6-7-8-17-15(18)13(9-11(2)3)14(16-17)10-12(4)5/h11-12,18H,6-10H2,1-5H3. The molecule has 0 bridgehead atoms. The van der Waals surface area contributed by atoms with Crippen LogP contribution in [0, 0.1) is 11.8 Å². The van der Waals surface area contributed by atoms with Gasteiger partial charge in [0, 0.05) is 12.1 Å². The molecule has 0 amide bonds. The quantitative estimate of drug-likeness (QED) is 0.802. The van der Waals surface area contributed by atoms with E-state index < -0.39 is 0 Å². The first-order chi connectivity index (χ1) is 8.45. The zero-order chi connectivity index (χ0) is 13.7. The molecule has 0 atom stereocenters. The monoisotopic (exact) mass is 252 g/mol.